The quantitative estimate of drug-likeness (QED) is 0.728. The lowest BCUT2D eigenvalue weighted by molar-refractivity contribution is -0.119. The number of Topliss-reactive ketones (excluding diaryl/α,β-unsaturated/α-hetero) is 1. The Hall–Kier alpha value is 0.0200. The van der Waals surface area contributed by atoms with Crippen LogP contribution in [0.2, 0.25) is 0 Å². The van der Waals surface area contributed by atoms with E-state index < -0.39 is 0 Å². The summed E-state index contributed by atoms with van der Waals surface area (Å²) in [4.78, 5) is 11.6. The van der Waals surface area contributed by atoms with E-state index in [4.69, 9.17) is 0 Å². The van der Waals surface area contributed by atoms with E-state index in [2.05, 4.69) is 0 Å². The van der Waals surface area contributed by atoms with Crippen molar-refractivity contribution in [3.05, 3.63) is 0 Å². The fourth-order valence-corrected chi connectivity index (χ4v) is 4.21. The van der Waals surface area contributed by atoms with Gasteiger partial charge in [0.25, 0.3) is 0 Å². The molecule has 0 bridgehead atoms. The summed E-state index contributed by atoms with van der Waals surface area (Å²) in [6, 6.07) is 0. The first-order valence-electron chi connectivity index (χ1n) is 6.50. The molecule has 86 valence electrons. The van der Waals surface area contributed by atoms with Gasteiger partial charge in [0.15, 0.2) is 0 Å². The Kier molecular flexibility index (Phi) is 4.55. The van der Waals surface area contributed by atoms with Crippen molar-refractivity contribution in [2.24, 2.45) is 5.92 Å². The fraction of sp³-hybridized carbons (Fsp3) is 0.923. The summed E-state index contributed by atoms with van der Waals surface area (Å²) in [5.74, 6) is 2.69. The van der Waals surface area contributed by atoms with E-state index in [1.54, 1.807) is 0 Å². The summed E-state index contributed by atoms with van der Waals surface area (Å²) in [5.41, 5.74) is 0. The highest BCUT2D eigenvalue weighted by molar-refractivity contribution is 8.00. The maximum Gasteiger partial charge on any atom is 0.145 e. The van der Waals surface area contributed by atoms with Gasteiger partial charge >= 0.3 is 0 Å². The van der Waals surface area contributed by atoms with Crippen LogP contribution >= 0.6 is 11.8 Å². The van der Waals surface area contributed by atoms with Gasteiger partial charge in [-0.2, -0.15) is 11.8 Å². The van der Waals surface area contributed by atoms with Crippen LogP contribution in [-0.4, -0.2) is 16.8 Å². The molecule has 0 saturated heterocycles. The largest absolute Gasteiger partial charge is 0.298 e. The Morgan fingerprint density at radius 1 is 1.00 bits per heavy atom. The first-order valence-corrected chi connectivity index (χ1v) is 7.55. The van der Waals surface area contributed by atoms with E-state index in [1.807, 2.05) is 11.8 Å². The highest BCUT2D eigenvalue weighted by Gasteiger charge is 2.24. The summed E-state index contributed by atoms with van der Waals surface area (Å²) in [6.45, 7) is 0. The summed E-state index contributed by atoms with van der Waals surface area (Å²) < 4.78 is 0. The maximum atomic E-state index is 11.6. The third kappa shape index (κ3) is 3.51. The second-order valence-electron chi connectivity index (χ2n) is 5.04. The van der Waals surface area contributed by atoms with E-state index in [-0.39, 0.29) is 0 Å². The molecule has 2 fully saturated rings. The van der Waals surface area contributed by atoms with Gasteiger partial charge in [-0.05, 0) is 37.4 Å². The van der Waals surface area contributed by atoms with Gasteiger partial charge in [-0.3, -0.25) is 4.79 Å². The first kappa shape index (κ1) is 11.5. The highest BCUT2D eigenvalue weighted by Crippen LogP contribution is 2.31. The van der Waals surface area contributed by atoms with Crippen molar-refractivity contribution in [1.29, 1.82) is 0 Å². The van der Waals surface area contributed by atoms with E-state index in [0.717, 1.165) is 25.2 Å². The van der Waals surface area contributed by atoms with Crippen LogP contribution in [0.25, 0.3) is 0 Å². The van der Waals surface area contributed by atoms with Crippen molar-refractivity contribution in [2.75, 3.05) is 5.75 Å². The van der Waals surface area contributed by atoms with Gasteiger partial charge in [-0.1, -0.05) is 25.7 Å². The van der Waals surface area contributed by atoms with Crippen LogP contribution in [0.4, 0.5) is 0 Å². The van der Waals surface area contributed by atoms with Crippen LogP contribution in [0.1, 0.15) is 57.8 Å². The van der Waals surface area contributed by atoms with Crippen molar-refractivity contribution in [3.63, 3.8) is 0 Å². The molecule has 2 rings (SSSR count). The summed E-state index contributed by atoms with van der Waals surface area (Å²) >= 11 is 1.96. The Bertz CT molecular complexity index is 209. The maximum absolute atomic E-state index is 11.6. The first-order chi connectivity index (χ1) is 7.36. The normalized spacial score (nSPS) is 29.3. The van der Waals surface area contributed by atoms with Crippen LogP contribution in [-0.2, 0) is 4.79 Å². The highest BCUT2D eigenvalue weighted by atomic mass is 32.2. The number of carbonyl (C=O) groups excluding carboxylic acids is 1. The van der Waals surface area contributed by atoms with Gasteiger partial charge < -0.3 is 0 Å². The van der Waals surface area contributed by atoms with Crippen molar-refractivity contribution in [1.82, 2.24) is 0 Å². The molecule has 1 nitrogen and oxygen atoms in total. The third-order valence-corrected chi connectivity index (χ3v) is 5.32. The van der Waals surface area contributed by atoms with E-state index in [0.29, 0.717) is 11.0 Å². The van der Waals surface area contributed by atoms with Gasteiger partial charge in [-0.15, -0.1) is 0 Å². The van der Waals surface area contributed by atoms with Crippen molar-refractivity contribution >= 4 is 17.5 Å². The molecule has 2 heteroatoms. The Balaban J connectivity index is 1.69. The third-order valence-electron chi connectivity index (χ3n) is 3.76. The molecule has 0 aliphatic heterocycles. The SMILES string of the molecule is O=C1CCCCC1SCC1CCCCC1. The van der Waals surface area contributed by atoms with Gasteiger partial charge in [-0.25, -0.2) is 0 Å². The average molecular weight is 226 g/mol. The lowest BCUT2D eigenvalue weighted by Crippen LogP contribution is -2.23. The minimum absolute atomic E-state index is 0.362. The zero-order chi connectivity index (χ0) is 10.5. The predicted octanol–water partition coefficient (Wildman–Crippen LogP) is 3.81. The van der Waals surface area contributed by atoms with E-state index >= 15 is 0 Å². The molecule has 0 aromatic carbocycles. The molecule has 2 aliphatic carbocycles. The number of ketones is 1. The number of hydrogen-bond donors (Lipinski definition) is 0. The van der Waals surface area contributed by atoms with Crippen molar-refractivity contribution in [3.8, 4) is 0 Å². The average Bonchev–Trinajstić information content (AvgIpc) is 2.29. The molecule has 15 heavy (non-hydrogen) atoms. The van der Waals surface area contributed by atoms with Crippen LogP contribution in [0.3, 0.4) is 0 Å². The molecular formula is C13H22OS. The predicted molar refractivity (Wildman–Crippen MR) is 66.3 cm³/mol. The Morgan fingerprint density at radius 2 is 1.73 bits per heavy atom. The molecule has 0 N–H and O–H groups in total. The molecule has 0 radical (unpaired) electrons. The lowest BCUT2D eigenvalue weighted by Gasteiger charge is -2.25. The molecule has 2 aliphatic rings. The fourth-order valence-electron chi connectivity index (χ4n) is 2.73. The zero-order valence-electron chi connectivity index (χ0n) is 9.54. The molecule has 1 unspecified atom stereocenters. The lowest BCUT2D eigenvalue weighted by atomic mass is 9.91. The van der Waals surface area contributed by atoms with Crippen LogP contribution in [0.15, 0.2) is 0 Å². The number of carbonyl (C=O) groups is 1. The van der Waals surface area contributed by atoms with Crippen LogP contribution < -0.4 is 0 Å². The molecule has 0 heterocycles. The minimum atomic E-state index is 0.362. The van der Waals surface area contributed by atoms with Crippen LogP contribution in [0, 0.1) is 5.92 Å². The Morgan fingerprint density at radius 3 is 2.47 bits per heavy atom. The summed E-state index contributed by atoms with van der Waals surface area (Å²) in [5, 5.41) is 0.362. The molecule has 0 aromatic rings. The van der Waals surface area contributed by atoms with E-state index in [9.17, 15) is 4.79 Å². The topological polar surface area (TPSA) is 17.1 Å². The monoisotopic (exact) mass is 226 g/mol. The van der Waals surface area contributed by atoms with Gasteiger partial charge in [0.1, 0.15) is 5.78 Å². The number of rotatable bonds is 3. The Labute approximate surface area is 97.4 Å². The van der Waals surface area contributed by atoms with Gasteiger partial charge in [0.2, 0.25) is 0 Å². The molecule has 1 atom stereocenters. The molecule has 0 amide bonds. The smallest absolute Gasteiger partial charge is 0.145 e. The molecule has 0 aromatic heterocycles. The van der Waals surface area contributed by atoms with Gasteiger partial charge in [0.05, 0.1) is 5.25 Å². The molecule has 0 spiro atoms. The van der Waals surface area contributed by atoms with Crippen LogP contribution in [0.5, 0.6) is 0 Å². The second-order valence-corrected chi connectivity index (χ2v) is 6.27. The molecule has 2 saturated carbocycles. The van der Waals surface area contributed by atoms with Crippen molar-refractivity contribution < 1.29 is 4.79 Å². The summed E-state index contributed by atoms with van der Waals surface area (Å²) in [7, 11) is 0. The minimum Gasteiger partial charge on any atom is -0.298 e. The standard InChI is InChI=1S/C13H22OS/c14-12-8-4-5-9-13(12)15-10-11-6-2-1-3-7-11/h11,13H,1-10H2. The zero-order valence-corrected chi connectivity index (χ0v) is 10.4. The van der Waals surface area contributed by atoms with Crippen molar-refractivity contribution in [2.45, 2.75) is 63.0 Å². The van der Waals surface area contributed by atoms with Gasteiger partial charge in [0, 0.05) is 6.42 Å². The number of thioether (sulfide) groups is 1. The van der Waals surface area contributed by atoms with E-state index in [1.165, 1.54) is 44.3 Å². The number of hydrogen-bond acceptors (Lipinski definition) is 2. The second kappa shape index (κ2) is 5.93. The molecular weight excluding hydrogens is 204 g/mol. The summed E-state index contributed by atoms with van der Waals surface area (Å²) in [6.07, 6.45) is 11.5.